The zero-order valence-electron chi connectivity index (χ0n) is 13.7. The van der Waals surface area contributed by atoms with E-state index in [1.54, 1.807) is 0 Å². The van der Waals surface area contributed by atoms with Crippen LogP contribution in [-0.4, -0.2) is 63.9 Å². The molecular formula is C16H26N4O2. The van der Waals surface area contributed by atoms with Crippen molar-refractivity contribution in [3.05, 3.63) is 18.0 Å². The standard InChI is InChI=1S/C16H26N4O2/c1-12-8-20(9-13(2)22-12)16(21)11-19-6-4-5-15(19)14-7-17-18(3)10-14/h7,10,12-13,15H,4-6,8-9,11H2,1-3H3/t12-,13+,15-/m1/s1. The highest BCUT2D eigenvalue weighted by Gasteiger charge is 2.32. The molecule has 0 aliphatic carbocycles. The molecule has 6 nitrogen and oxygen atoms in total. The summed E-state index contributed by atoms with van der Waals surface area (Å²) in [6, 6.07) is 0.327. The van der Waals surface area contributed by atoms with Gasteiger partial charge in [0.15, 0.2) is 0 Å². The van der Waals surface area contributed by atoms with Crippen molar-refractivity contribution in [3.63, 3.8) is 0 Å². The summed E-state index contributed by atoms with van der Waals surface area (Å²) in [5.41, 5.74) is 1.22. The molecule has 1 aromatic rings. The maximum absolute atomic E-state index is 12.6. The van der Waals surface area contributed by atoms with Gasteiger partial charge in [-0.2, -0.15) is 5.10 Å². The fraction of sp³-hybridized carbons (Fsp3) is 0.750. The summed E-state index contributed by atoms with van der Waals surface area (Å²) in [5, 5.41) is 4.26. The molecule has 0 radical (unpaired) electrons. The zero-order valence-corrected chi connectivity index (χ0v) is 13.7. The number of hydrogen-bond donors (Lipinski definition) is 0. The number of carbonyl (C=O) groups excluding carboxylic acids is 1. The van der Waals surface area contributed by atoms with E-state index in [1.807, 2.05) is 36.7 Å². The quantitative estimate of drug-likeness (QED) is 0.842. The van der Waals surface area contributed by atoms with Crippen LogP contribution in [-0.2, 0) is 16.6 Å². The third-order valence-electron chi connectivity index (χ3n) is 4.58. The van der Waals surface area contributed by atoms with E-state index in [9.17, 15) is 4.79 Å². The van der Waals surface area contributed by atoms with Crippen LogP contribution in [0.3, 0.4) is 0 Å². The number of likely N-dealkylation sites (tertiary alicyclic amines) is 1. The monoisotopic (exact) mass is 306 g/mol. The van der Waals surface area contributed by atoms with Crippen LogP contribution in [0.25, 0.3) is 0 Å². The van der Waals surface area contributed by atoms with Crippen LogP contribution in [0.1, 0.15) is 38.3 Å². The van der Waals surface area contributed by atoms with Crippen LogP contribution in [0, 0.1) is 0 Å². The molecule has 6 heteroatoms. The van der Waals surface area contributed by atoms with E-state index in [1.165, 1.54) is 5.56 Å². The van der Waals surface area contributed by atoms with Crippen LogP contribution in [0.4, 0.5) is 0 Å². The number of aromatic nitrogens is 2. The summed E-state index contributed by atoms with van der Waals surface area (Å²) in [5.74, 6) is 0.220. The Kier molecular flexibility index (Phi) is 4.49. The first-order chi connectivity index (χ1) is 10.5. The number of amides is 1. The van der Waals surface area contributed by atoms with E-state index in [0.717, 1.165) is 19.4 Å². The minimum absolute atomic E-state index is 0.125. The third-order valence-corrected chi connectivity index (χ3v) is 4.58. The summed E-state index contributed by atoms with van der Waals surface area (Å²) in [4.78, 5) is 16.9. The molecule has 3 rings (SSSR count). The van der Waals surface area contributed by atoms with Gasteiger partial charge in [0.1, 0.15) is 0 Å². The van der Waals surface area contributed by atoms with Crippen LogP contribution in [0.5, 0.6) is 0 Å². The molecule has 0 bridgehead atoms. The lowest BCUT2D eigenvalue weighted by atomic mass is 10.1. The van der Waals surface area contributed by atoms with Gasteiger partial charge in [-0.15, -0.1) is 0 Å². The van der Waals surface area contributed by atoms with Crippen LogP contribution >= 0.6 is 0 Å². The van der Waals surface area contributed by atoms with Gasteiger partial charge >= 0.3 is 0 Å². The molecular weight excluding hydrogens is 280 g/mol. The Morgan fingerprint density at radius 3 is 2.73 bits per heavy atom. The van der Waals surface area contributed by atoms with Crippen molar-refractivity contribution in [1.82, 2.24) is 19.6 Å². The maximum atomic E-state index is 12.6. The van der Waals surface area contributed by atoms with Gasteiger partial charge in [-0.1, -0.05) is 0 Å². The molecule has 2 saturated heterocycles. The highest BCUT2D eigenvalue weighted by atomic mass is 16.5. The van der Waals surface area contributed by atoms with Gasteiger partial charge < -0.3 is 9.64 Å². The number of morpholine rings is 1. The Bertz CT molecular complexity index is 520. The van der Waals surface area contributed by atoms with Crippen LogP contribution < -0.4 is 0 Å². The molecule has 3 heterocycles. The van der Waals surface area contributed by atoms with Crippen molar-refractivity contribution in [2.45, 2.75) is 44.9 Å². The molecule has 1 amide bonds. The summed E-state index contributed by atoms with van der Waals surface area (Å²) in [6.07, 6.45) is 6.48. The number of nitrogens with zero attached hydrogens (tertiary/aromatic N) is 4. The molecule has 2 aliphatic heterocycles. The highest BCUT2D eigenvalue weighted by Crippen LogP contribution is 2.31. The molecule has 2 fully saturated rings. The fourth-order valence-electron chi connectivity index (χ4n) is 3.66. The van der Waals surface area contributed by atoms with E-state index in [-0.39, 0.29) is 18.1 Å². The Hall–Kier alpha value is -1.40. The molecule has 3 atom stereocenters. The second kappa shape index (κ2) is 6.38. The summed E-state index contributed by atoms with van der Waals surface area (Å²) in [7, 11) is 1.93. The summed E-state index contributed by atoms with van der Waals surface area (Å²) >= 11 is 0. The second-order valence-corrected chi connectivity index (χ2v) is 6.63. The SMILES string of the molecule is C[C@@H]1CN(C(=O)CN2CCC[C@@H]2c2cnn(C)c2)C[C@H](C)O1. The first kappa shape index (κ1) is 15.5. The topological polar surface area (TPSA) is 50.6 Å². The van der Waals surface area contributed by atoms with Gasteiger partial charge in [0, 0.05) is 37.9 Å². The number of aryl methyl sites for hydroxylation is 1. The smallest absolute Gasteiger partial charge is 0.236 e. The van der Waals surface area contributed by atoms with Gasteiger partial charge in [-0.05, 0) is 33.2 Å². The lowest BCUT2D eigenvalue weighted by Gasteiger charge is -2.36. The molecule has 0 saturated carbocycles. The Balaban J connectivity index is 1.63. The normalized spacial score (nSPS) is 30.0. The number of hydrogen-bond acceptors (Lipinski definition) is 4. The molecule has 0 aromatic carbocycles. The first-order valence-corrected chi connectivity index (χ1v) is 8.18. The van der Waals surface area contributed by atoms with E-state index < -0.39 is 0 Å². The second-order valence-electron chi connectivity index (χ2n) is 6.63. The minimum atomic E-state index is 0.125. The van der Waals surface area contributed by atoms with Crippen molar-refractivity contribution < 1.29 is 9.53 Å². The molecule has 22 heavy (non-hydrogen) atoms. The molecule has 0 spiro atoms. The van der Waals surface area contributed by atoms with Crippen LogP contribution in [0.2, 0.25) is 0 Å². The van der Waals surface area contributed by atoms with Crippen molar-refractivity contribution in [2.75, 3.05) is 26.2 Å². The van der Waals surface area contributed by atoms with Gasteiger partial charge in [0.2, 0.25) is 5.91 Å². The molecule has 122 valence electrons. The summed E-state index contributed by atoms with van der Waals surface area (Å²) < 4.78 is 7.54. The third kappa shape index (κ3) is 3.33. The average Bonchev–Trinajstić information content (AvgIpc) is 3.06. The molecule has 0 unspecified atom stereocenters. The van der Waals surface area contributed by atoms with Gasteiger partial charge in [0.05, 0.1) is 24.9 Å². The predicted octanol–water partition coefficient (Wildman–Crippen LogP) is 1.19. The molecule has 0 N–H and O–H groups in total. The maximum Gasteiger partial charge on any atom is 0.236 e. The average molecular weight is 306 g/mol. The fourth-order valence-corrected chi connectivity index (χ4v) is 3.66. The van der Waals surface area contributed by atoms with Crippen LogP contribution in [0.15, 0.2) is 12.4 Å². The van der Waals surface area contributed by atoms with E-state index >= 15 is 0 Å². The summed E-state index contributed by atoms with van der Waals surface area (Å²) in [6.45, 7) is 6.96. The zero-order chi connectivity index (χ0) is 15.7. The Labute approximate surface area is 132 Å². The lowest BCUT2D eigenvalue weighted by molar-refractivity contribution is -0.144. The first-order valence-electron chi connectivity index (χ1n) is 8.18. The number of rotatable bonds is 3. The minimum Gasteiger partial charge on any atom is -0.372 e. The van der Waals surface area contributed by atoms with E-state index in [2.05, 4.69) is 16.2 Å². The van der Waals surface area contributed by atoms with E-state index in [0.29, 0.717) is 25.7 Å². The highest BCUT2D eigenvalue weighted by molar-refractivity contribution is 5.78. The van der Waals surface area contributed by atoms with Crippen molar-refractivity contribution in [1.29, 1.82) is 0 Å². The largest absolute Gasteiger partial charge is 0.372 e. The Morgan fingerprint density at radius 1 is 1.36 bits per heavy atom. The molecule has 1 aromatic heterocycles. The van der Waals surface area contributed by atoms with Crippen molar-refractivity contribution in [2.24, 2.45) is 7.05 Å². The molecule has 2 aliphatic rings. The van der Waals surface area contributed by atoms with Gasteiger partial charge in [-0.3, -0.25) is 14.4 Å². The predicted molar refractivity (Wildman–Crippen MR) is 83.3 cm³/mol. The van der Waals surface area contributed by atoms with Crippen molar-refractivity contribution in [3.8, 4) is 0 Å². The van der Waals surface area contributed by atoms with Gasteiger partial charge in [-0.25, -0.2) is 0 Å². The van der Waals surface area contributed by atoms with Gasteiger partial charge in [0.25, 0.3) is 0 Å². The van der Waals surface area contributed by atoms with E-state index in [4.69, 9.17) is 4.74 Å². The van der Waals surface area contributed by atoms with Crippen molar-refractivity contribution >= 4 is 5.91 Å². The number of carbonyl (C=O) groups is 1. The number of ether oxygens (including phenoxy) is 1. The Morgan fingerprint density at radius 2 is 2.09 bits per heavy atom. The lowest BCUT2D eigenvalue weighted by Crippen LogP contribution is -2.51.